The maximum Gasteiger partial charge on any atom is 0.0546 e. The van der Waals surface area contributed by atoms with Crippen LogP contribution in [0.3, 0.4) is 0 Å². The smallest absolute Gasteiger partial charge is 0.0546 e. The standard InChI is InChI=1S/C8H18N4/c1-5-9-3-8-7(11-5)4-10-6(2)12-8/h5-12H,3-4H2,1-2H3. The first-order valence-corrected chi connectivity index (χ1v) is 4.74. The van der Waals surface area contributed by atoms with Crippen molar-refractivity contribution >= 4 is 0 Å². The van der Waals surface area contributed by atoms with Gasteiger partial charge in [0.1, 0.15) is 0 Å². The molecular formula is C8H18N4. The van der Waals surface area contributed by atoms with Gasteiger partial charge in [-0.25, -0.2) is 0 Å². The van der Waals surface area contributed by atoms with Gasteiger partial charge in [0, 0.05) is 25.2 Å². The van der Waals surface area contributed by atoms with Crippen LogP contribution < -0.4 is 21.3 Å². The summed E-state index contributed by atoms with van der Waals surface area (Å²) in [6.45, 7) is 6.47. The highest BCUT2D eigenvalue weighted by molar-refractivity contribution is 4.95. The summed E-state index contributed by atoms with van der Waals surface area (Å²) < 4.78 is 0. The first kappa shape index (κ1) is 8.44. The van der Waals surface area contributed by atoms with E-state index in [-0.39, 0.29) is 0 Å². The highest BCUT2D eigenvalue weighted by Crippen LogP contribution is 2.04. The highest BCUT2D eigenvalue weighted by Gasteiger charge is 2.31. The highest BCUT2D eigenvalue weighted by atomic mass is 15.3. The van der Waals surface area contributed by atoms with Crippen molar-refractivity contribution in [3.63, 3.8) is 0 Å². The van der Waals surface area contributed by atoms with Gasteiger partial charge in [0.25, 0.3) is 0 Å². The van der Waals surface area contributed by atoms with Crippen LogP contribution >= 0.6 is 0 Å². The van der Waals surface area contributed by atoms with Gasteiger partial charge in [-0.1, -0.05) is 0 Å². The third kappa shape index (κ3) is 1.61. The van der Waals surface area contributed by atoms with Gasteiger partial charge in [0.05, 0.1) is 12.3 Å². The molecule has 0 aliphatic carbocycles. The maximum atomic E-state index is 3.50. The second-order valence-corrected chi connectivity index (χ2v) is 3.81. The molecule has 0 saturated carbocycles. The molecule has 2 fully saturated rings. The number of fused-ring (bicyclic) bond motifs is 1. The summed E-state index contributed by atoms with van der Waals surface area (Å²) in [7, 11) is 0. The number of nitrogens with one attached hydrogen (secondary N) is 4. The van der Waals surface area contributed by atoms with Crippen LogP contribution in [-0.4, -0.2) is 37.5 Å². The molecule has 2 heterocycles. The van der Waals surface area contributed by atoms with Crippen LogP contribution in [0.5, 0.6) is 0 Å². The van der Waals surface area contributed by atoms with E-state index in [4.69, 9.17) is 0 Å². The van der Waals surface area contributed by atoms with Gasteiger partial charge in [-0.05, 0) is 13.8 Å². The third-order valence-corrected chi connectivity index (χ3v) is 2.70. The van der Waals surface area contributed by atoms with Gasteiger partial charge in [0.15, 0.2) is 0 Å². The first-order valence-electron chi connectivity index (χ1n) is 4.74. The van der Waals surface area contributed by atoms with Crippen molar-refractivity contribution in [3.05, 3.63) is 0 Å². The Morgan fingerprint density at radius 2 is 1.25 bits per heavy atom. The second-order valence-electron chi connectivity index (χ2n) is 3.81. The van der Waals surface area contributed by atoms with Crippen LogP contribution in [-0.2, 0) is 0 Å². The molecule has 4 atom stereocenters. The molecule has 2 aliphatic heterocycles. The molecule has 0 radical (unpaired) electrons. The Hall–Kier alpha value is -0.160. The Balaban J connectivity index is 1.94. The summed E-state index contributed by atoms with van der Waals surface area (Å²) in [4.78, 5) is 0. The summed E-state index contributed by atoms with van der Waals surface area (Å²) in [5.41, 5.74) is 0. The van der Waals surface area contributed by atoms with Crippen LogP contribution in [0.2, 0.25) is 0 Å². The molecule has 2 saturated heterocycles. The maximum absolute atomic E-state index is 3.50. The second kappa shape index (κ2) is 3.30. The summed E-state index contributed by atoms with van der Waals surface area (Å²) in [6, 6.07) is 1.16. The summed E-state index contributed by atoms with van der Waals surface area (Å²) in [5.74, 6) is 0. The molecule has 4 nitrogen and oxygen atoms in total. The van der Waals surface area contributed by atoms with Gasteiger partial charge >= 0.3 is 0 Å². The van der Waals surface area contributed by atoms with E-state index in [0.29, 0.717) is 24.4 Å². The quantitative estimate of drug-likeness (QED) is 0.369. The molecule has 0 amide bonds. The van der Waals surface area contributed by atoms with Crippen molar-refractivity contribution in [1.29, 1.82) is 0 Å². The van der Waals surface area contributed by atoms with Crippen molar-refractivity contribution in [2.75, 3.05) is 13.1 Å². The molecule has 12 heavy (non-hydrogen) atoms. The van der Waals surface area contributed by atoms with Crippen molar-refractivity contribution in [3.8, 4) is 0 Å². The van der Waals surface area contributed by atoms with Crippen LogP contribution in [0.1, 0.15) is 13.8 Å². The normalized spacial score (nSPS) is 48.5. The molecule has 4 unspecified atom stereocenters. The van der Waals surface area contributed by atoms with Gasteiger partial charge in [-0.2, -0.15) is 0 Å². The SMILES string of the molecule is CC1NCC2NC(C)NCC2N1. The Kier molecular flexibility index (Phi) is 2.32. The molecule has 2 rings (SSSR count). The Labute approximate surface area is 73.5 Å². The predicted molar refractivity (Wildman–Crippen MR) is 48.8 cm³/mol. The van der Waals surface area contributed by atoms with Crippen molar-refractivity contribution in [2.24, 2.45) is 0 Å². The average Bonchev–Trinajstić information content (AvgIpc) is 2.05. The zero-order valence-electron chi connectivity index (χ0n) is 7.72. The molecule has 4 heteroatoms. The lowest BCUT2D eigenvalue weighted by atomic mass is 10.0. The summed E-state index contributed by atoms with van der Waals surface area (Å²) in [5, 5.41) is 13.8. The van der Waals surface area contributed by atoms with E-state index in [2.05, 4.69) is 35.1 Å². The summed E-state index contributed by atoms with van der Waals surface area (Å²) in [6.07, 6.45) is 0.895. The van der Waals surface area contributed by atoms with Gasteiger partial charge in [-0.15, -0.1) is 0 Å². The Morgan fingerprint density at radius 3 is 1.67 bits per heavy atom. The molecule has 0 spiro atoms. The Bertz CT molecular complexity index is 143. The van der Waals surface area contributed by atoms with E-state index in [1.165, 1.54) is 0 Å². The lowest BCUT2D eigenvalue weighted by Gasteiger charge is -2.43. The number of hydrogen-bond donors (Lipinski definition) is 4. The Morgan fingerprint density at radius 1 is 0.833 bits per heavy atom. The molecule has 4 N–H and O–H groups in total. The van der Waals surface area contributed by atoms with Gasteiger partial charge in [-0.3, -0.25) is 10.6 Å². The summed E-state index contributed by atoms with van der Waals surface area (Å²) >= 11 is 0. The van der Waals surface area contributed by atoms with Crippen LogP contribution in [0, 0.1) is 0 Å². The topological polar surface area (TPSA) is 48.1 Å². The molecular weight excluding hydrogens is 152 g/mol. The fourth-order valence-corrected chi connectivity index (χ4v) is 2.00. The minimum absolute atomic E-state index is 0.447. The van der Waals surface area contributed by atoms with Crippen LogP contribution in [0.25, 0.3) is 0 Å². The van der Waals surface area contributed by atoms with Crippen molar-refractivity contribution in [2.45, 2.75) is 38.3 Å². The van der Waals surface area contributed by atoms with E-state index < -0.39 is 0 Å². The number of hydrogen-bond acceptors (Lipinski definition) is 4. The molecule has 0 aromatic rings. The minimum atomic E-state index is 0.447. The lowest BCUT2D eigenvalue weighted by Crippen LogP contribution is -2.72. The largest absolute Gasteiger partial charge is 0.301 e. The fraction of sp³-hybridized carbons (Fsp3) is 1.00. The monoisotopic (exact) mass is 170 g/mol. The van der Waals surface area contributed by atoms with E-state index in [1.54, 1.807) is 0 Å². The van der Waals surface area contributed by atoms with Gasteiger partial charge in [0.2, 0.25) is 0 Å². The third-order valence-electron chi connectivity index (χ3n) is 2.70. The minimum Gasteiger partial charge on any atom is -0.301 e. The van der Waals surface area contributed by atoms with Gasteiger partial charge < -0.3 is 10.6 Å². The van der Waals surface area contributed by atoms with E-state index >= 15 is 0 Å². The predicted octanol–water partition coefficient (Wildman–Crippen LogP) is -1.20. The zero-order valence-corrected chi connectivity index (χ0v) is 7.72. The molecule has 2 aliphatic rings. The van der Waals surface area contributed by atoms with Crippen LogP contribution in [0.4, 0.5) is 0 Å². The molecule has 0 aromatic heterocycles. The van der Waals surface area contributed by atoms with Crippen LogP contribution in [0.15, 0.2) is 0 Å². The molecule has 0 aromatic carbocycles. The number of rotatable bonds is 0. The lowest BCUT2D eigenvalue weighted by molar-refractivity contribution is 0.184. The zero-order chi connectivity index (χ0) is 8.55. The first-order chi connectivity index (χ1) is 5.75. The van der Waals surface area contributed by atoms with E-state index in [0.717, 1.165) is 13.1 Å². The fourth-order valence-electron chi connectivity index (χ4n) is 2.00. The molecule has 0 bridgehead atoms. The van der Waals surface area contributed by atoms with E-state index in [9.17, 15) is 0 Å². The van der Waals surface area contributed by atoms with Crippen molar-refractivity contribution in [1.82, 2.24) is 21.3 Å². The molecule has 70 valence electrons. The van der Waals surface area contributed by atoms with E-state index in [1.807, 2.05) is 0 Å². The van der Waals surface area contributed by atoms with Crippen molar-refractivity contribution < 1.29 is 0 Å². The average molecular weight is 170 g/mol.